The minimum absolute atomic E-state index is 0.340. The molecule has 2 saturated heterocycles. The number of pyridine rings is 1. The molecule has 148 valence electrons. The largest absolute Gasteiger partial charge is 0.365 e. The van der Waals surface area contributed by atoms with Gasteiger partial charge in [-0.15, -0.1) is 0 Å². The molecule has 0 unspecified atom stereocenters. The standard InChI is InChI=1S/C23H30N4O/c1-2-26-16-19(18-7-4-3-5-8-18)15-23(17-26)10-13-27(14-11-23)22-20(21(24)28)9-6-12-25-22/h3-9,12,19H,2,10-11,13-17H2,1H3,(H2,24,28)/t19-/m0/s1. The van der Waals surface area contributed by atoms with Crippen LogP contribution in [0.4, 0.5) is 5.82 Å². The molecule has 2 fully saturated rings. The Kier molecular flexibility index (Phi) is 5.36. The Labute approximate surface area is 167 Å². The highest BCUT2D eigenvalue weighted by Gasteiger charge is 2.42. The Morgan fingerprint density at radius 1 is 1.18 bits per heavy atom. The summed E-state index contributed by atoms with van der Waals surface area (Å²) in [6, 6.07) is 14.5. The van der Waals surface area contributed by atoms with Crippen molar-refractivity contribution < 1.29 is 4.79 Å². The van der Waals surface area contributed by atoms with E-state index in [-0.39, 0.29) is 0 Å². The average Bonchev–Trinajstić information content (AvgIpc) is 2.74. The number of anilines is 1. The van der Waals surface area contributed by atoms with Gasteiger partial charge in [0.05, 0.1) is 5.56 Å². The molecule has 4 rings (SSSR count). The minimum atomic E-state index is -0.401. The molecule has 1 aromatic carbocycles. The smallest absolute Gasteiger partial charge is 0.252 e. The number of aromatic nitrogens is 1. The van der Waals surface area contributed by atoms with Crippen LogP contribution in [-0.2, 0) is 0 Å². The van der Waals surface area contributed by atoms with Gasteiger partial charge in [-0.3, -0.25) is 4.79 Å². The number of likely N-dealkylation sites (tertiary alicyclic amines) is 1. The number of nitrogens with two attached hydrogens (primary N) is 1. The Morgan fingerprint density at radius 3 is 2.61 bits per heavy atom. The van der Waals surface area contributed by atoms with Crippen molar-refractivity contribution in [3.63, 3.8) is 0 Å². The van der Waals surface area contributed by atoms with Crippen LogP contribution >= 0.6 is 0 Å². The van der Waals surface area contributed by atoms with Gasteiger partial charge in [-0.1, -0.05) is 37.3 Å². The van der Waals surface area contributed by atoms with Crippen molar-refractivity contribution in [1.82, 2.24) is 9.88 Å². The molecule has 0 aliphatic carbocycles. The van der Waals surface area contributed by atoms with Crippen molar-refractivity contribution in [3.05, 3.63) is 59.8 Å². The molecule has 2 aromatic rings. The number of piperidine rings is 2. The fourth-order valence-corrected chi connectivity index (χ4v) is 5.09. The molecule has 1 aromatic heterocycles. The van der Waals surface area contributed by atoms with Gasteiger partial charge >= 0.3 is 0 Å². The van der Waals surface area contributed by atoms with Crippen LogP contribution in [0, 0.1) is 5.41 Å². The van der Waals surface area contributed by atoms with E-state index >= 15 is 0 Å². The van der Waals surface area contributed by atoms with E-state index in [1.807, 2.05) is 0 Å². The van der Waals surface area contributed by atoms with Crippen molar-refractivity contribution >= 4 is 11.7 Å². The Hall–Kier alpha value is -2.40. The zero-order valence-corrected chi connectivity index (χ0v) is 16.7. The summed E-state index contributed by atoms with van der Waals surface area (Å²) in [6.45, 7) is 7.54. The fourth-order valence-electron chi connectivity index (χ4n) is 5.09. The van der Waals surface area contributed by atoms with E-state index in [0.717, 1.165) is 44.8 Å². The lowest BCUT2D eigenvalue weighted by molar-refractivity contribution is 0.0543. The Bertz CT molecular complexity index is 814. The first-order valence-electron chi connectivity index (χ1n) is 10.4. The third-order valence-electron chi connectivity index (χ3n) is 6.61. The highest BCUT2D eigenvalue weighted by molar-refractivity contribution is 5.97. The number of benzene rings is 1. The molecule has 5 nitrogen and oxygen atoms in total. The topological polar surface area (TPSA) is 62.5 Å². The molecular weight excluding hydrogens is 348 g/mol. The number of rotatable bonds is 4. The predicted molar refractivity (Wildman–Crippen MR) is 113 cm³/mol. The molecular formula is C23H30N4O. The van der Waals surface area contributed by atoms with Gasteiger partial charge < -0.3 is 15.5 Å². The molecule has 3 heterocycles. The number of primary amides is 1. The highest BCUT2D eigenvalue weighted by atomic mass is 16.1. The number of nitrogens with zero attached hydrogens (tertiary/aromatic N) is 3. The number of carbonyl (C=O) groups excluding carboxylic acids is 1. The van der Waals surface area contributed by atoms with Crippen molar-refractivity contribution in [3.8, 4) is 0 Å². The first kappa shape index (κ1) is 18.9. The summed E-state index contributed by atoms with van der Waals surface area (Å²) in [7, 11) is 0. The second-order valence-corrected chi connectivity index (χ2v) is 8.37. The summed E-state index contributed by atoms with van der Waals surface area (Å²) < 4.78 is 0. The Morgan fingerprint density at radius 2 is 1.93 bits per heavy atom. The quantitative estimate of drug-likeness (QED) is 0.887. The first-order chi connectivity index (χ1) is 13.6. The molecule has 2 N–H and O–H groups in total. The van der Waals surface area contributed by atoms with Gasteiger partial charge in [-0.05, 0) is 54.8 Å². The van der Waals surface area contributed by atoms with Crippen LogP contribution in [0.1, 0.15) is 48.0 Å². The van der Waals surface area contributed by atoms with Crippen LogP contribution < -0.4 is 10.6 Å². The van der Waals surface area contributed by atoms with Gasteiger partial charge in [0.1, 0.15) is 5.82 Å². The first-order valence-corrected chi connectivity index (χ1v) is 10.4. The summed E-state index contributed by atoms with van der Waals surface area (Å²) in [5.41, 5.74) is 7.89. The molecule has 0 radical (unpaired) electrons. The third kappa shape index (κ3) is 3.76. The van der Waals surface area contributed by atoms with E-state index < -0.39 is 5.91 Å². The van der Waals surface area contributed by atoms with Crippen LogP contribution in [0.25, 0.3) is 0 Å². The van der Waals surface area contributed by atoms with Crippen molar-refractivity contribution in [1.29, 1.82) is 0 Å². The molecule has 5 heteroatoms. The number of likely N-dealkylation sites (N-methyl/N-ethyl adjacent to an activating group) is 1. The van der Waals surface area contributed by atoms with Crippen LogP contribution in [0.2, 0.25) is 0 Å². The van der Waals surface area contributed by atoms with E-state index in [0.29, 0.717) is 16.9 Å². The summed E-state index contributed by atoms with van der Waals surface area (Å²) >= 11 is 0. The van der Waals surface area contributed by atoms with E-state index in [9.17, 15) is 4.79 Å². The maximum absolute atomic E-state index is 11.8. The molecule has 2 aliphatic heterocycles. The second kappa shape index (κ2) is 7.92. The summed E-state index contributed by atoms with van der Waals surface area (Å²) in [6.07, 6.45) is 5.24. The van der Waals surface area contributed by atoms with E-state index in [1.165, 1.54) is 18.5 Å². The lowest BCUT2D eigenvalue weighted by Crippen LogP contribution is -2.52. The molecule has 2 aliphatic rings. The molecule has 28 heavy (non-hydrogen) atoms. The summed E-state index contributed by atoms with van der Waals surface area (Å²) in [5, 5.41) is 0. The number of hydrogen-bond donors (Lipinski definition) is 1. The van der Waals surface area contributed by atoms with Crippen LogP contribution in [0.3, 0.4) is 0 Å². The van der Waals surface area contributed by atoms with E-state index in [1.54, 1.807) is 18.3 Å². The molecule has 1 atom stereocenters. The average molecular weight is 379 g/mol. The lowest BCUT2D eigenvalue weighted by Gasteiger charge is -2.50. The molecule has 0 bridgehead atoms. The minimum Gasteiger partial charge on any atom is -0.365 e. The monoisotopic (exact) mass is 378 g/mol. The van der Waals surface area contributed by atoms with Crippen LogP contribution in [0.15, 0.2) is 48.7 Å². The van der Waals surface area contributed by atoms with Gasteiger partial charge in [-0.25, -0.2) is 4.98 Å². The fraction of sp³-hybridized carbons (Fsp3) is 0.478. The third-order valence-corrected chi connectivity index (χ3v) is 6.61. The summed E-state index contributed by atoms with van der Waals surface area (Å²) in [5.74, 6) is 0.937. The van der Waals surface area contributed by atoms with Crippen LogP contribution in [0.5, 0.6) is 0 Å². The zero-order chi connectivity index (χ0) is 19.6. The SMILES string of the molecule is CCN1C[C@@H](c2ccccc2)CC2(CCN(c3ncccc3C(N)=O)CC2)C1. The van der Waals surface area contributed by atoms with Crippen LogP contribution in [-0.4, -0.2) is 48.5 Å². The molecule has 0 saturated carbocycles. The second-order valence-electron chi connectivity index (χ2n) is 8.37. The zero-order valence-electron chi connectivity index (χ0n) is 16.7. The van der Waals surface area contributed by atoms with Gasteiger partial charge in [-0.2, -0.15) is 0 Å². The number of hydrogen-bond acceptors (Lipinski definition) is 4. The number of carbonyl (C=O) groups is 1. The van der Waals surface area contributed by atoms with E-state index in [2.05, 4.69) is 52.0 Å². The normalized spacial score (nSPS) is 22.3. The predicted octanol–water partition coefficient (Wildman–Crippen LogP) is 3.28. The molecule has 1 amide bonds. The summed E-state index contributed by atoms with van der Waals surface area (Å²) in [4.78, 5) is 21.1. The molecule has 1 spiro atoms. The number of amides is 1. The highest BCUT2D eigenvalue weighted by Crippen LogP contribution is 2.45. The van der Waals surface area contributed by atoms with Gasteiger partial charge in [0.15, 0.2) is 0 Å². The van der Waals surface area contributed by atoms with E-state index in [4.69, 9.17) is 5.73 Å². The van der Waals surface area contributed by atoms with Crippen molar-refractivity contribution in [2.45, 2.75) is 32.1 Å². The van der Waals surface area contributed by atoms with Crippen molar-refractivity contribution in [2.75, 3.05) is 37.6 Å². The van der Waals surface area contributed by atoms with Gasteiger partial charge in [0.2, 0.25) is 0 Å². The Balaban J connectivity index is 1.52. The lowest BCUT2D eigenvalue weighted by atomic mass is 9.68. The maximum Gasteiger partial charge on any atom is 0.252 e. The van der Waals surface area contributed by atoms with Crippen molar-refractivity contribution in [2.24, 2.45) is 11.1 Å². The van der Waals surface area contributed by atoms with Gasteiger partial charge in [0.25, 0.3) is 5.91 Å². The maximum atomic E-state index is 11.8. The van der Waals surface area contributed by atoms with Gasteiger partial charge in [0, 0.05) is 32.4 Å².